The van der Waals surface area contributed by atoms with Crippen molar-refractivity contribution in [1.82, 2.24) is 10.2 Å². The van der Waals surface area contributed by atoms with Gasteiger partial charge in [0, 0.05) is 19.5 Å². The van der Waals surface area contributed by atoms with Crippen LogP contribution in [0.4, 0.5) is 0 Å². The Bertz CT molecular complexity index is 218. The van der Waals surface area contributed by atoms with E-state index in [1.165, 1.54) is 19.3 Å². The van der Waals surface area contributed by atoms with Crippen LogP contribution in [0.15, 0.2) is 0 Å². The summed E-state index contributed by atoms with van der Waals surface area (Å²) in [6.07, 6.45) is 5.95. The van der Waals surface area contributed by atoms with Gasteiger partial charge in [0.2, 0.25) is 5.91 Å². The van der Waals surface area contributed by atoms with Crippen molar-refractivity contribution >= 4 is 5.91 Å². The Hall–Kier alpha value is -0.570. The van der Waals surface area contributed by atoms with Gasteiger partial charge in [0.25, 0.3) is 0 Å². The molecule has 0 radical (unpaired) electrons. The standard InChI is InChI=1S/C12H22N2O/c1-14(9-10-6-7-13-8-10)12(15)11-4-2-3-5-11/h10-11,13H,2-9H2,1H3. The summed E-state index contributed by atoms with van der Waals surface area (Å²) in [4.78, 5) is 14.0. The van der Waals surface area contributed by atoms with Gasteiger partial charge >= 0.3 is 0 Å². The number of amides is 1. The Morgan fingerprint density at radius 2 is 2.07 bits per heavy atom. The number of carbonyl (C=O) groups excluding carboxylic acids is 1. The molecule has 86 valence electrons. The fourth-order valence-electron chi connectivity index (χ4n) is 2.83. The van der Waals surface area contributed by atoms with Crippen LogP contribution in [-0.4, -0.2) is 37.5 Å². The summed E-state index contributed by atoms with van der Waals surface area (Å²) in [5.74, 6) is 1.41. The van der Waals surface area contributed by atoms with Crippen LogP contribution in [0.2, 0.25) is 0 Å². The average Bonchev–Trinajstić information content (AvgIpc) is 2.88. The molecule has 15 heavy (non-hydrogen) atoms. The van der Waals surface area contributed by atoms with Gasteiger partial charge in [-0.3, -0.25) is 4.79 Å². The normalized spacial score (nSPS) is 27.1. The molecule has 1 aliphatic carbocycles. The van der Waals surface area contributed by atoms with Gasteiger partial charge in [-0.15, -0.1) is 0 Å². The Kier molecular flexibility index (Phi) is 3.62. The van der Waals surface area contributed by atoms with E-state index in [9.17, 15) is 4.79 Å². The maximum Gasteiger partial charge on any atom is 0.225 e. The van der Waals surface area contributed by atoms with E-state index in [2.05, 4.69) is 5.32 Å². The molecule has 0 spiro atoms. The smallest absolute Gasteiger partial charge is 0.225 e. The van der Waals surface area contributed by atoms with Crippen molar-refractivity contribution in [2.75, 3.05) is 26.7 Å². The van der Waals surface area contributed by atoms with Crippen molar-refractivity contribution in [3.05, 3.63) is 0 Å². The van der Waals surface area contributed by atoms with Crippen LogP contribution >= 0.6 is 0 Å². The molecule has 2 rings (SSSR count). The monoisotopic (exact) mass is 210 g/mol. The molecule has 1 atom stereocenters. The second-order valence-corrected chi connectivity index (χ2v) is 5.06. The van der Waals surface area contributed by atoms with E-state index in [1.807, 2.05) is 11.9 Å². The Labute approximate surface area is 92.2 Å². The van der Waals surface area contributed by atoms with E-state index in [-0.39, 0.29) is 0 Å². The van der Waals surface area contributed by atoms with E-state index in [0.717, 1.165) is 32.5 Å². The van der Waals surface area contributed by atoms with E-state index < -0.39 is 0 Å². The minimum Gasteiger partial charge on any atom is -0.345 e. The first kappa shape index (κ1) is 10.9. The first-order valence-electron chi connectivity index (χ1n) is 6.23. The highest BCUT2D eigenvalue weighted by Crippen LogP contribution is 2.26. The molecule has 1 aliphatic heterocycles. The van der Waals surface area contributed by atoms with Gasteiger partial charge < -0.3 is 10.2 Å². The summed E-state index contributed by atoms with van der Waals surface area (Å²) in [5, 5.41) is 3.35. The van der Waals surface area contributed by atoms with Gasteiger partial charge in [-0.1, -0.05) is 12.8 Å². The van der Waals surface area contributed by atoms with Crippen LogP contribution in [0.25, 0.3) is 0 Å². The number of nitrogens with zero attached hydrogens (tertiary/aromatic N) is 1. The zero-order chi connectivity index (χ0) is 10.7. The van der Waals surface area contributed by atoms with E-state index in [1.54, 1.807) is 0 Å². The van der Waals surface area contributed by atoms with Gasteiger partial charge in [0.1, 0.15) is 0 Å². The molecule has 1 amide bonds. The van der Waals surface area contributed by atoms with Crippen LogP contribution in [0.3, 0.4) is 0 Å². The van der Waals surface area contributed by atoms with Gasteiger partial charge in [-0.05, 0) is 38.3 Å². The quantitative estimate of drug-likeness (QED) is 0.760. The number of hydrogen-bond donors (Lipinski definition) is 1. The van der Waals surface area contributed by atoms with E-state index >= 15 is 0 Å². The maximum atomic E-state index is 12.0. The highest BCUT2D eigenvalue weighted by Gasteiger charge is 2.27. The summed E-state index contributed by atoms with van der Waals surface area (Å²) < 4.78 is 0. The third-order valence-corrected chi connectivity index (χ3v) is 3.78. The van der Waals surface area contributed by atoms with Crippen LogP contribution in [0, 0.1) is 11.8 Å². The summed E-state index contributed by atoms with van der Waals surface area (Å²) in [5.41, 5.74) is 0. The average molecular weight is 210 g/mol. The van der Waals surface area contributed by atoms with Crippen molar-refractivity contribution in [2.24, 2.45) is 11.8 Å². The molecule has 2 fully saturated rings. The second-order valence-electron chi connectivity index (χ2n) is 5.06. The summed E-state index contributed by atoms with van der Waals surface area (Å²) in [6.45, 7) is 3.15. The molecule has 0 aromatic heterocycles. The van der Waals surface area contributed by atoms with Gasteiger partial charge in [0.05, 0.1) is 0 Å². The Morgan fingerprint density at radius 1 is 1.33 bits per heavy atom. The topological polar surface area (TPSA) is 32.3 Å². The molecule has 1 unspecified atom stereocenters. The van der Waals surface area contributed by atoms with Crippen LogP contribution in [0.1, 0.15) is 32.1 Å². The molecule has 3 heteroatoms. The molecule has 1 heterocycles. The molecule has 2 aliphatic rings. The molecule has 0 aromatic rings. The SMILES string of the molecule is CN(CC1CCNC1)C(=O)C1CCCC1. The number of hydrogen-bond acceptors (Lipinski definition) is 2. The highest BCUT2D eigenvalue weighted by molar-refractivity contribution is 5.78. The first-order chi connectivity index (χ1) is 7.27. The van der Waals surface area contributed by atoms with Crippen molar-refractivity contribution in [1.29, 1.82) is 0 Å². The zero-order valence-electron chi connectivity index (χ0n) is 9.67. The Morgan fingerprint density at radius 3 is 2.67 bits per heavy atom. The van der Waals surface area contributed by atoms with E-state index in [0.29, 0.717) is 17.7 Å². The Balaban J connectivity index is 1.78. The molecular formula is C12H22N2O. The molecule has 0 aromatic carbocycles. The maximum absolute atomic E-state index is 12.0. The van der Waals surface area contributed by atoms with Crippen LogP contribution in [0.5, 0.6) is 0 Å². The first-order valence-corrected chi connectivity index (χ1v) is 6.23. The van der Waals surface area contributed by atoms with E-state index in [4.69, 9.17) is 0 Å². The molecule has 1 N–H and O–H groups in total. The number of nitrogens with one attached hydrogen (secondary N) is 1. The van der Waals surface area contributed by atoms with Crippen molar-refractivity contribution in [2.45, 2.75) is 32.1 Å². The number of carbonyl (C=O) groups is 1. The number of rotatable bonds is 3. The lowest BCUT2D eigenvalue weighted by Crippen LogP contribution is -2.36. The zero-order valence-corrected chi connectivity index (χ0v) is 9.67. The predicted octanol–water partition coefficient (Wildman–Crippen LogP) is 1.24. The molecule has 3 nitrogen and oxygen atoms in total. The minimum absolute atomic E-state index is 0.337. The third kappa shape index (κ3) is 2.71. The lowest BCUT2D eigenvalue weighted by molar-refractivity contribution is -0.134. The van der Waals surface area contributed by atoms with Gasteiger partial charge in [0.15, 0.2) is 0 Å². The summed E-state index contributed by atoms with van der Waals surface area (Å²) in [6, 6.07) is 0. The van der Waals surface area contributed by atoms with Crippen LogP contribution in [-0.2, 0) is 4.79 Å². The van der Waals surface area contributed by atoms with Crippen LogP contribution < -0.4 is 5.32 Å². The third-order valence-electron chi connectivity index (χ3n) is 3.78. The lowest BCUT2D eigenvalue weighted by atomic mass is 10.0. The fourth-order valence-corrected chi connectivity index (χ4v) is 2.83. The highest BCUT2D eigenvalue weighted by atomic mass is 16.2. The molecular weight excluding hydrogens is 188 g/mol. The fraction of sp³-hybridized carbons (Fsp3) is 0.917. The summed E-state index contributed by atoms with van der Waals surface area (Å²) >= 11 is 0. The molecule has 1 saturated carbocycles. The molecule has 1 saturated heterocycles. The van der Waals surface area contributed by atoms with Crippen molar-refractivity contribution in [3.8, 4) is 0 Å². The van der Waals surface area contributed by atoms with Gasteiger partial charge in [-0.2, -0.15) is 0 Å². The van der Waals surface area contributed by atoms with Crippen molar-refractivity contribution < 1.29 is 4.79 Å². The molecule has 0 bridgehead atoms. The minimum atomic E-state index is 0.337. The summed E-state index contributed by atoms with van der Waals surface area (Å²) in [7, 11) is 1.97. The van der Waals surface area contributed by atoms with Gasteiger partial charge in [-0.25, -0.2) is 0 Å². The van der Waals surface area contributed by atoms with Crippen molar-refractivity contribution in [3.63, 3.8) is 0 Å². The largest absolute Gasteiger partial charge is 0.345 e. The predicted molar refractivity (Wildman–Crippen MR) is 60.6 cm³/mol. The lowest BCUT2D eigenvalue weighted by Gasteiger charge is -2.23. The second kappa shape index (κ2) is 4.97.